The van der Waals surface area contributed by atoms with E-state index in [9.17, 15) is 9.59 Å². The van der Waals surface area contributed by atoms with Crippen molar-refractivity contribution in [3.63, 3.8) is 0 Å². The summed E-state index contributed by atoms with van der Waals surface area (Å²) in [6, 6.07) is 14.1. The molecule has 0 fully saturated rings. The van der Waals surface area contributed by atoms with E-state index in [1.807, 2.05) is 37.3 Å². The Bertz CT molecular complexity index is 776. The molecule has 25 heavy (non-hydrogen) atoms. The number of amides is 2. The molecule has 132 valence electrons. The van der Waals surface area contributed by atoms with Crippen LogP contribution in [0.3, 0.4) is 0 Å². The molecule has 0 aliphatic carbocycles. The Morgan fingerprint density at radius 1 is 1.00 bits per heavy atom. The minimum absolute atomic E-state index is 0.212. The fourth-order valence-corrected chi connectivity index (χ4v) is 2.51. The molecule has 0 heterocycles. The van der Waals surface area contributed by atoms with Crippen molar-refractivity contribution in [2.75, 3.05) is 5.32 Å². The van der Waals surface area contributed by atoms with Crippen LogP contribution in [0.4, 0.5) is 5.69 Å². The third-order valence-electron chi connectivity index (χ3n) is 3.96. The van der Waals surface area contributed by atoms with Crippen LogP contribution in [0.25, 0.3) is 0 Å². The lowest BCUT2D eigenvalue weighted by atomic mass is 9.90. The summed E-state index contributed by atoms with van der Waals surface area (Å²) in [5, 5.41) is 6.34. The highest BCUT2D eigenvalue weighted by molar-refractivity contribution is 6.35. The van der Waals surface area contributed by atoms with Crippen molar-refractivity contribution in [2.24, 2.45) is 5.41 Å². The molecule has 0 bridgehead atoms. The van der Waals surface area contributed by atoms with E-state index >= 15 is 0 Å². The maximum absolute atomic E-state index is 12.6. The molecule has 0 aliphatic heterocycles. The standard InChI is InChI=1S/C19H20Cl2N2O2/c1-12(13-7-5-4-6-8-13)22-17(24)19(2,3)18(25)23-16-11-14(20)9-10-15(16)21/h4-12H,1-3H3,(H,22,24)(H,23,25). The maximum Gasteiger partial charge on any atom is 0.239 e. The lowest BCUT2D eigenvalue weighted by molar-refractivity contribution is -0.138. The van der Waals surface area contributed by atoms with Gasteiger partial charge >= 0.3 is 0 Å². The molecular formula is C19H20Cl2N2O2. The van der Waals surface area contributed by atoms with Gasteiger partial charge in [0.25, 0.3) is 0 Å². The summed E-state index contributed by atoms with van der Waals surface area (Å²) in [6.07, 6.45) is 0. The van der Waals surface area contributed by atoms with Crippen LogP contribution in [0.1, 0.15) is 32.4 Å². The Labute approximate surface area is 157 Å². The number of carbonyl (C=O) groups is 2. The van der Waals surface area contributed by atoms with Crippen molar-refractivity contribution in [2.45, 2.75) is 26.8 Å². The van der Waals surface area contributed by atoms with E-state index in [2.05, 4.69) is 10.6 Å². The third-order valence-corrected chi connectivity index (χ3v) is 4.52. The lowest BCUT2D eigenvalue weighted by Crippen LogP contribution is -2.45. The van der Waals surface area contributed by atoms with Crippen molar-refractivity contribution >= 4 is 40.7 Å². The van der Waals surface area contributed by atoms with Gasteiger partial charge in [-0.1, -0.05) is 53.5 Å². The molecule has 0 saturated carbocycles. The molecule has 2 aromatic carbocycles. The molecule has 4 nitrogen and oxygen atoms in total. The number of anilines is 1. The number of hydrogen-bond donors (Lipinski definition) is 2. The Morgan fingerprint density at radius 3 is 2.28 bits per heavy atom. The average molecular weight is 379 g/mol. The molecule has 2 N–H and O–H groups in total. The normalized spacial score (nSPS) is 12.4. The predicted molar refractivity (Wildman–Crippen MR) is 102 cm³/mol. The minimum Gasteiger partial charge on any atom is -0.349 e. The van der Waals surface area contributed by atoms with Gasteiger partial charge in [-0.3, -0.25) is 9.59 Å². The van der Waals surface area contributed by atoms with Gasteiger partial charge in [-0.25, -0.2) is 0 Å². The van der Waals surface area contributed by atoms with Crippen LogP contribution in [-0.4, -0.2) is 11.8 Å². The van der Waals surface area contributed by atoms with Crippen molar-refractivity contribution in [3.05, 3.63) is 64.1 Å². The summed E-state index contributed by atoms with van der Waals surface area (Å²) in [4.78, 5) is 25.2. The molecule has 1 atom stereocenters. The monoisotopic (exact) mass is 378 g/mol. The molecule has 0 aliphatic rings. The zero-order valence-electron chi connectivity index (χ0n) is 14.3. The maximum atomic E-state index is 12.6. The zero-order valence-corrected chi connectivity index (χ0v) is 15.8. The Balaban J connectivity index is 2.09. The largest absolute Gasteiger partial charge is 0.349 e. The van der Waals surface area contributed by atoms with Crippen molar-refractivity contribution in [3.8, 4) is 0 Å². The summed E-state index contributed by atoms with van der Waals surface area (Å²) in [5.74, 6) is -0.839. The van der Waals surface area contributed by atoms with Gasteiger partial charge in [0.2, 0.25) is 11.8 Å². The van der Waals surface area contributed by atoms with Crippen LogP contribution < -0.4 is 10.6 Å². The SMILES string of the molecule is CC(NC(=O)C(C)(C)C(=O)Nc1cc(Cl)ccc1Cl)c1ccccc1. The fourth-order valence-electron chi connectivity index (χ4n) is 2.18. The Morgan fingerprint density at radius 2 is 1.64 bits per heavy atom. The number of nitrogens with one attached hydrogen (secondary N) is 2. The number of benzene rings is 2. The van der Waals surface area contributed by atoms with E-state index in [0.717, 1.165) is 5.56 Å². The van der Waals surface area contributed by atoms with Gasteiger partial charge < -0.3 is 10.6 Å². The highest BCUT2D eigenvalue weighted by Gasteiger charge is 2.37. The smallest absolute Gasteiger partial charge is 0.239 e. The zero-order chi connectivity index (χ0) is 18.6. The van der Waals surface area contributed by atoms with E-state index in [-0.39, 0.29) is 11.9 Å². The predicted octanol–water partition coefficient (Wildman–Crippen LogP) is 4.84. The van der Waals surface area contributed by atoms with Gasteiger partial charge in [-0.15, -0.1) is 0 Å². The van der Waals surface area contributed by atoms with Crippen LogP contribution in [-0.2, 0) is 9.59 Å². The van der Waals surface area contributed by atoms with Gasteiger partial charge in [0.15, 0.2) is 0 Å². The first kappa shape index (κ1) is 19.3. The van der Waals surface area contributed by atoms with Crippen molar-refractivity contribution in [1.29, 1.82) is 0 Å². The summed E-state index contributed by atoms with van der Waals surface area (Å²) >= 11 is 12.0. The van der Waals surface area contributed by atoms with E-state index in [4.69, 9.17) is 23.2 Å². The summed E-state index contributed by atoms with van der Waals surface area (Å²) in [7, 11) is 0. The van der Waals surface area contributed by atoms with E-state index in [0.29, 0.717) is 15.7 Å². The molecule has 2 aromatic rings. The third kappa shape index (κ3) is 4.74. The highest BCUT2D eigenvalue weighted by atomic mass is 35.5. The van der Waals surface area contributed by atoms with E-state index < -0.39 is 11.3 Å². The van der Waals surface area contributed by atoms with Gasteiger partial charge in [0.05, 0.1) is 16.8 Å². The molecule has 0 saturated heterocycles. The van der Waals surface area contributed by atoms with Gasteiger partial charge in [0, 0.05) is 5.02 Å². The first-order valence-electron chi connectivity index (χ1n) is 7.84. The summed E-state index contributed by atoms with van der Waals surface area (Å²) < 4.78 is 0. The Hall–Kier alpha value is -2.04. The molecule has 1 unspecified atom stereocenters. The van der Waals surface area contributed by atoms with Crippen LogP contribution in [0.15, 0.2) is 48.5 Å². The lowest BCUT2D eigenvalue weighted by Gasteiger charge is -2.25. The fraction of sp³-hybridized carbons (Fsp3) is 0.263. The second-order valence-electron chi connectivity index (χ2n) is 6.31. The molecule has 6 heteroatoms. The molecule has 0 spiro atoms. The minimum atomic E-state index is -1.28. The quantitative estimate of drug-likeness (QED) is 0.731. The summed E-state index contributed by atoms with van der Waals surface area (Å²) in [6.45, 7) is 5.00. The molecule has 0 radical (unpaired) electrons. The number of carbonyl (C=O) groups excluding carboxylic acids is 2. The van der Waals surface area contributed by atoms with E-state index in [1.54, 1.807) is 32.0 Å². The van der Waals surface area contributed by atoms with Gasteiger partial charge in [-0.2, -0.15) is 0 Å². The Kier molecular flexibility index (Phi) is 6.09. The molecular weight excluding hydrogens is 359 g/mol. The van der Waals surface area contributed by atoms with Crippen LogP contribution in [0, 0.1) is 5.41 Å². The van der Waals surface area contributed by atoms with Gasteiger partial charge in [0.1, 0.15) is 5.41 Å². The molecule has 0 aromatic heterocycles. The van der Waals surface area contributed by atoms with Crippen molar-refractivity contribution in [1.82, 2.24) is 5.32 Å². The first-order valence-corrected chi connectivity index (χ1v) is 8.60. The second-order valence-corrected chi connectivity index (χ2v) is 7.15. The molecule has 2 rings (SSSR count). The van der Waals surface area contributed by atoms with Crippen LogP contribution in [0.2, 0.25) is 10.0 Å². The van der Waals surface area contributed by atoms with Crippen LogP contribution in [0.5, 0.6) is 0 Å². The number of rotatable bonds is 5. The number of hydrogen-bond acceptors (Lipinski definition) is 2. The summed E-state index contributed by atoms with van der Waals surface area (Å²) in [5.41, 5.74) is 0.0513. The van der Waals surface area contributed by atoms with Gasteiger partial charge in [-0.05, 0) is 44.5 Å². The number of halogens is 2. The molecule has 2 amide bonds. The van der Waals surface area contributed by atoms with Crippen molar-refractivity contribution < 1.29 is 9.59 Å². The highest BCUT2D eigenvalue weighted by Crippen LogP contribution is 2.28. The second kappa shape index (κ2) is 7.89. The first-order chi connectivity index (χ1) is 11.7. The average Bonchev–Trinajstić information content (AvgIpc) is 2.58. The topological polar surface area (TPSA) is 58.2 Å². The van der Waals surface area contributed by atoms with E-state index in [1.165, 1.54) is 0 Å². The van der Waals surface area contributed by atoms with Crippen LogP contribution >= 0.6 is 23.2 Å².